The zero-order chi connectivity index (χ0) is 16.1. The van der Waals surface area contributed by atoms with Crippen LogP contribution in [0, 0.1) is 0 Å². The number of aromatic nitrogens is 3. The van der Waals surface area contributed by atoms with Crippen molar-refractivity contribution in [2.24, 2.45) is 0 Å². The summed E-state index contributed by atoms with van der Waals surface area (Å²) in [6, 6.07) is 7.35. The van der Waals surface area contributed by atoms with Crippen LogP contribution in [-0.4, -0.2) is 38.6 Å². The average molecular weight is 339 g/mol. The lowest BCUT2D eigenvalue weighted by atomic mass is 10.2. The highest BCUT2D eigenvalue weighted by Gasteiger charge is 2.12. The molecule has 0 unspecified atom stereocenters. The smallest absolute Gasteiger partial charge is 0.233 e. The molecule has 1 aromatic carbocycles. The van der Waals surface area contributed by atoms with Gasteiger partial charge in [-0.15, -0.1) is 0 Å². The van der Waals surface area contributed by atoms with E-state index < -0.39 is 0 Å². The minimum absolute atomic E-state index is 0.0389. The van der Waals surface area contributed by atoms with E-state index in [0.29, 0.717) is 16.7 Å². The summed E-state index contributed by atoms with van der Waals surface area (Å²) in [5.41, 5.74) is 12.0. The van der Waals surface area contributed by atoms with Gasteiger partial charge in [-0.1, -0.05) is 35.5 Å². The molecule has 4 N–H and O–H groups in total. The Hall–Kier alpha value is -2.06. The first-order chi connectivity index (χ1) is 10.4. The highest BCUT2D eigenvalue weighted by atomic mass is 35.5. The fraction of sp³-hybridized carbons (Fsp3) is 0.231. The highest BCUT2D eigenvalue weighted by Crippen LogP contribution is 2.16. The molecule has 0 saturated heterocycles. The molecule has 0 aliphatic heterocycles. The van der Waals surface area contributed by atoms with Gasteiger partial charge >= 0.3 is 0 Å². The van der Waals surface area contributed by atoms with E-state index in [9.17, 15) is 4.79 Å². The van der Waals surface area contributed by atoms with Crippen LogP contribution in [0.1, 0.15) is 5.56 Å². The lowest BCUT2D eigenvalue weighted by molar-refractivity contribution is -0.127. The summed E-state index contributed by atoms with van der Waals surface area (Å²) in [4.78, 5) is 25.2. The van der Waals surface area contributed by atoms with Gasteiger partial charge in [0.05, 0.1) is 5.75 Å². The van der Waals surface area contributed by atoms with Crippen LogP contribution in [0.2, 0.25) is 5.02 Å². The van der Waals surface area contributed by atoms with Gasteiger partial charge in [0.1, 0.15) is 0 Å². The van der Waals surface area contributed by atoms with Crippen molar-refractivity contribution in [3.05, 3.63) is 34.9 Å². The van der Waals surface area contributed by atoms with Crippen LogP contribution in [0.5, 0.6) is 0 Å². The Bertz CT molecular complexity index is 646. The van der Waals surface area contributed by atoms with Gasteiger partial charge in [-0.3, -0.25) is 4.79 Å². The van der Waals surface area contributed by atoms with Crippen LogP contribution in [0.3, 0.4) is 0 Å². The molecule has 1 amide bonds. The molecule has 0 atom stereocenters. The molecular weight excluding hydrogens is 324 g/mol. The molecule has 22 heavy (non-hydrogen) atoms. The number of hydrogen-bond donors (Lipinski definition) is 2. The monoisotopic (exact) mass is 338 g/mol. The Morgan fingerprint density at radius 1 is 1.18 bits per heavy atom. The van der Waals surface area contributed by atoms with Crippen molar-refractivity contribution in [1.82, 2.24) is 19.9 Å². The van der Waals surface area contributed by atoms with E-state index in [1.807, 2.05) is 12.1 Å². The standard InChI is InChI=1S/C13H15ClN6OS/c1-20(6-8-2-4-9(14)5-3-8)10(21)7-22-13-18-11(15)17-12(16)19-13/h2-5H,6-7H2,1H3,(H4,15,16,17,18,19). The second-order valence-corrected chi connectivity index (χ2v) is 5.88. The number of rotatable bonds is 5. The number of thioether (sulfide) groups is 1. The predicted molar refractivity (Wildman–Crippen MR) is 87.3 cm³/mol. The number of carbonyl (C=O) groups is 1. The van der Waals surface area contributed by atoms with E-state index in [1.165, 1.54) is 0 Å². The normalized spacial score (nSPS) is 10.5. The van der Waals surface area contributed by atoms with Crippen LogP contribution < -0.4 is 11.5 Å². The van der Waals surface area contributed by atoms with Crippen LogP contribution in [-0.2, 0) is 11.3 Å². The molecular formula is C13H15ClN6OS. The number of anilines is 2. The van der Waals surface area contributed by atoms with Crippen molar-refractivity contribution in [2.45, 2.75) is 11.7 Å². The molecule has 2 rings (SSSR count). The third-order valence-corrected chi connectivity index (χ3v) is 3.82. The molecule has 0 bridgehead atoms. The zero-order valence-corrected chi connectivity index (χ0v) is 13.4. The van der Waals surface area contributed by atoms with Crippen LogP contribution in [0.15, 0.2) is 29.4 Å². The average Bonchev–Trinajstić information content (AvgIpc) is 2.46. The van der Waals surface area contributed by atoms with Gasteiger partial charge in [0.2, 0.25) is 17.8 Å². The van der Waals surface area contributed by atoms with E-state index in [2.05, 4.69) is 15.0 Å². The summed E-state index contributed by atoms with van der Waals surface area (Å²) >= 11 is 6.99. The first kappa shape index (κ1) is 16.3. The van der Waals surface area contributed by atoms with Gasteiger partial charge in [-0.05, 0) is 17.7 Å². The number of nitrogens with two attached hydrogens (primary N) is 2. The van der Waals surface area contributed by atoms with Crippen LogP contribution in [0.4, 0.5) is 11.9 Å². The van der Waals surface area contributed by atoms with Crippen LogP contribution >= 0.6 is 23.4 Å². The summed E-state index contributed by atoms with van der Waals surface area (Å²) in [6.45, 7) is 0.498. The quantitative estimate of drug-likeness (QED) is 0.793. The van der Waals surface area contributed by atoms with Gasteiger partial charge in [0, 0.05) is 18.6 Å². The van der Waals surface area contributed by atoms with Crippen molar-refractivity contribution in [3.63, 3.8) is 0 Å². The highest BCUT2D eigenvalue weighted by molar-refractivity contribution is 7.99. The first-order valence-electron chi connectivity index (χ1n) is 6.32. The fourth-order valence-corrected chi connectivity index (χ4v) is 2.56. The molecule has 0 aliphatic carbocycles. The Morgan fingerprint density at radius 3 is 2.36 bits per heavy atom. The molecule has 1 heterocycles. The lowest BCUT2D eigenvalue weighted by Gasteiger charge is -2.17. The van der Waals surface area contributed by atoms with E-state index in [1.54, 1.807) is 24.1 Å². The minimum Gasteiger partial charge on any atom is -0.368 e. The van der Waals surface area contributed by atoms with Crippen molar-refractivity contribution in [3.8, 4) is 0 Å². The Balaban J connectivity index is 1.89. The number of nitrogens with zero attached hydrogens (tertiary/aromatic N) is 4. The molecule has 116 valence electrons. The second kappa shape index (κ2) is 7.28. The predicted octanol–water partition coefficient (Wildman–Crippen LogP) is 1.44. The second-order valence-electron chi connectivity index (χ2n) is 4.50. The maximum Gasteiger partial charge on any atom is 0.233 e. The largest absolute Gasteiger partial charge is 0.368 e. The Kier molecular flexibility index (Phi) is 5.40. The molecule has 0 aliphatic rings. The molecule has 2 aromatic rings. The molecule has 0 fully saturated rings. The molecule has 0 radical (unpaired) electrons. The van der Waals surface area contributed by atoms with E-state index >= 15 is 0 Å². The van der Waals surface area contributed by atoms with Crippen molar-refractivity contribution in [1.29, 1.82) is 0 Å². The Morgan fingerprint density at radius 2 is 1.77 bits per heavy atom. The maximum absolute atomic E-state index is 12.1. The summed E-state index contributed by atoms with van der Waals surface area (Å²) in [6.07, 6.45) is 0. The number of nitrogen functional groups attached to an aromatic ring is 2. The van der Waals surface area contributed by atoms with Gasteiger partial charge in [-0.2, -0.15) is 15.0 Å². The third-order valence-electron chi connectivity index (χ3n) is 2.73. The summed E-state index contributed by atoms with van der Waals surface area (Å²) in [5, 5.41) is 0.997. The Labute approximate surface area is 137 Å². The maximum atomic E-state index is 12.1. The van der Waals surface area contributed by atoms with Gasteiger partial charge in [-0.25, -0.2) is 0 Å². The van der Waals surface area contributed by atoms with Crippen molar-refractivity contribution >= 4 is 41.2 Å². The summed E-state index contributed by atoms with van der Waals surface area (Å²) in [7, 11) is 1.73. The van der Waals surface area contributed by atoms with Crippen molar-refractivity contribution < 1.29 is 4.79 Å². The third kappa shape index (κ3) is 4.74. The summed E-state index contributed by atoms with van der Waals surface area (Å²) in [5.74, 6) is 0.207. The van der Waals surface area contributed by atoms with E-state index in [-0.39, 0.29) is 23.6 Å². The SMILES string of the molecule is CN(Cc1ccc(Cl)cc1)C(=O)CSc1nc(N)nc(N)n1. The van der Waals surface area contributed by atoms with Crippen LogP contribution in [0.25, 0.3) is 0 Å². The van der Waals surface area contributed by atoms with Gasteiger partial charge in [0.15, 0.2) is 5.16 Å². The van der Waals surface area contributed by atoms with E-state index in [0.717, 1.165) is 17.3 Å². The minimum atomic E-state index is -0.0579. The fourth-order valence-electron chi connectivity index (χ4n) is 1.64. The topological polar surface area (TPSA) is 111 Å². The van der Waals surface area contributed by atoms with Gasteiger partial charge in [0.25, 0.3) is 0 Å². The summed E-state index contributed by atoms with van der Waals surface area (Å²) < 4.78 is 0. The molecule has 0 saturated carbocycles. The number of hydrogen-bond acceptors (Lipinski definition) is 7. The number of carbonyl (C=O) groups excluding carboxylic acids is 1. The molecule has 0 spiro atoms. The number of halogens is 1. The number of benzene rings is 1. The molecule has 1 aromatic heterocycles. The number of amides is 1. The van der Waals surface area contributed by atoms with Crippen molar-refractivity contribution in [2.75, 3.05) is 24.3 Å². The molecule has 9 heteroatoms. The lowest BCUT2D eigenvalue weighted by Crippen LogP contribution is -2.27. The molecule has 7 nitrogen and oxygen atoms in total. The first-order valence-corrected chi connectivity index (χ1v) is 7.68. The van der Waals surface area contributed by atoms with Gasteiger partial charge < -0.3 is 16.4 Å². The zero-order valence-electron chi connectivity index (χ0n) is 11.9. The van der Waals surface area contributed by atoms with E-state index in [4.69, 9.17) is 23.1 Å².